The number of rotatable bonds is 2. The van der Waals surface area contributed by atoms with E-state index in [1.807, 2.05) is 18.2 Å². The Morgan fingerprint density at radius 2 is 2.20 bits per heavy atom. The van der Waals surface area contributed by atoms with Gasteiger partial charge in [-0.1, -0.05) is 13.3 Å². The molecule has 0 aliphatic rings. The molecule has 1 aromatic heterocycles. The van der Waals surface area contributed by atoms with Gasteiger partial charge in [-0.05, 0) is 30.7 Å². The van der Waals surface area contributed by atoms with Crippen molar-refractivity contribution in [2.45, 2.75) is 19.8 Å². The molecule has 1 aromatic carbocycles. The smallest absolute Gasteiger partial charge is 0.0991 e. The molecule has 0 amide bonds. The first-order chi connectivity index (χ1) is 7.26. The molecule has 0 fully saturated rings. The fourth-order valence-electron chi connectivity index (χ4n) is 1.74. The number of hydrogen-bond acceptors (Lipinski definition) is 1. The van der Waals surface area contributed by atoms with E-state index in [9.17, 15) is 0 Å². The summed E-state index contributed by atoms with van der Waals surface area (Å²) < 4.78 is 1.68. The Balaban J connectivity index is 2.61. The van der Waals surface area contributed by atoms with Crippen molar-refractivity contribution in [1.82, 2.24) is 4.09 Å². The maximum atomic E-state index is 8.79. The van der Waals surface area contributed by atoms with Crippen molar-refractivity contribution < 1.29 is 0 Å². The molecule has 2 aromatic rings. The van der Waals surface area contributed by atoms with E-state index in [-0.39, 0.29) is 0 Å². The van der Waals surface area contributed by atoms with E-state index in [0.717, 1.165) is 29.4 Å². The number of aromatic nitrogens is 1. The molecule has 0 bridgehead atoms. The van der Waals surface area contributed by atoms with Crippen molar-refractivity contribution in [2.24, 2.45) is 0 Å². The molecule has 3 heteroatoms. The third-order valence-corrected chi connectivity index (χ3v) is 2.85. The second kappa shape index (κ2) is 3.96. The largest absolute Gasteiger partial charge is 0.257 e. The predicted molar refractivity (Wildman–Crippen MR) is 61.9 cm³/mol. The van der Waals surface area contributed by atoms with Crippen molar-refractivity contribution in [3.63, 3.8) is 0 Å². The van der Waals surface area contributed by atoms with Gasteiger partial charge in [-0.3, -0.25) is 4.09 Å². The lowest BCUT2D eigenvalue weighted by Gasteiger charge is -1.98. The van der Waals surface area contributed by atoms with Crippen LogP contribution in [0.3, 0.4) is 0 Å². The molecule has 0 atom stereocenters. The van der Waals surface area contributed by atoms with Gasteiger partial charge in [0.15, 0.2) is 0 Å². The van der Waals surface area contributed by atoms with Crippen LogP contribution in [0, 0.1) is 11.3 Å². The zero-order valence-corrected chi connectivity index (χ0v) is 9.25. The van der Waals surface area contributed by atoms with E-state index in [0.29, 0.717) is 5.56 Å². The van der Waals surface area contributed by atoms with Gasteiger partial charge in [0.2, 0.25) is 0 Å². The Hall–Kier alpha value is -1.46. The van der Waals surface area contributed by atoms with Gasteiger partial charge in [0.25, 0.3) is 0 Å². The second-order valence-electron chi connectivity index (χ2n) is 3.55. The summed E-state index contributed by atoms with van der Waals surface area (Å²) >= 11 is 6.17. The lowest BCUT2D eigenvalue weighted by molar-refractivity contribution is 0.881. The van der Waals surface area contributed by atoms with Crippen LogP contribution in [0.4, 0.5) is 0 Å². The first-order valence-electron chi connectivity index (χ1n) is 4.97. The lowest BCUT2D eigenvalue weighted by Crippen LogP contribution is -1.88. The van der Waals surface area contributed by atoms with Crippen LogP contribution in [0.15, 0.2) is 24.3 Å². The van der Waals surface area contributed by atoms with Gasteiger partial charge in [0, 0.05) is 22.9 Å². The molecule has 0 spiro atoms. The normalized spacial score (nSPS) is 10.5. The molecular weight excluding hydrogens is 208 g/mol. The van der Waals surface area contributed by atoms with E-state index in [1.54, 1.807) is 10.2 Å². The Labute approximate surface area is 93.8 Å². The average Bonchev–Trinajstić information content (AvgIpc) is 2.56. The average molecular weight is 219 g/mol. The fourth-order valence-corrected chi connectivity index (χ4v) is 2.02. The summed E-state index contributed by atoms with van der Waals surface area (Å²) in [5.74, 6) is 0. The molecule has 0 saturated heterocycles. The fraction of sp³-hybridized carbons (Fsp3) is 0.250. The van der Waals surface area contributed by atoms with Crippen molar-refractivity contribution in [3.8, 4) is 6.07 Å². The molecule has 2 rings (SSSR count). The first kappa shape index (κ1) is 10.1. The summed E-state index contributed by atoms with van der Waals surface area (Å²) in [5.41, 5.74) is 2.75. The number of fused-ring (bicyclic) bond motifs is 1. The predicted octanol–water partition coefficient (Wildman–Crippen LogP) is 3.47. The molecule has 0 radical (unpaired) electrons. The third kappa shape index (κ3) is 1.71. The van der Waals surface area contributed by atoms with Crippen molar-refractivity contribution >= 4 is 22.7 Å². The van der Waals surface area contributed by atoms with E-state index in [1.165, 1.54) is 0 Å². The van der Waals surface area contributed by atoms with Crippen LogP contribution in [0.25, 0.3) is 10.9 Å². The van der Waals surface area contributed by atoms with E-state index >= 15 is 0 Å². The van der Waals surface area contributed by atoms with Crippen molar-refractivity contribution in [1.29, 1.82) is 5.26 Å². The minimum absolute atomic E-state index is 0.674. The number of nitrogens with zero attached hydrogens (tertiary/aromatic N) is 2. The Morgan fingerprint density at radius 1 is 1.40 bits per heavy atom. The number of halogens is 1. The van der Waals surface area contributed by atoms with Crippen LogP contribution < -0.4 is 0 Å². The number of nitriles is 1. The molecule has 0 aliphatic carbocycles. The third-order valence-electron chi connectivity index (χ3n) is 2.45. The number of hydrogen-bond donors (Lipinski definition) is 0. The Morgan fingerprint density at radius 3 is 2.87 bits per heavy atom. The molecule has 0 N–H and O–H groups in total. The molecule has 0 saturated carbocycles. The van der Waals surface area contributed by atoms with E-state index in [4.69, 9.17) is 17.0 Å². The highest BCUT2D eigenvalue weighted by molar-refractivity contribution is 6.19. The topological polar surface area (TPSA) is 28.7 Å². The molecule has 76 valence electrons. The molecular formula is C12H11ClN2. The summed E-state index contributed by atoms with van der Waals surface area (Å²) in [6, 6.07) is 9.72. The minimum atomic E-state index is 0.674. The number of benzene rings is 1. The highest BCUT2D eigenvalue weighted by Crippen LogP contribution is 2.23. The monoisotopic (exact) mass is 218 g/mol. The molecule has 2 nitrogen and oxygen atoms in total. The summed E-state index contributed by atoms with van der Waals surface area (Å²) in [5, 5.41) is 9.82. The van der Waals surface area contributed by atoms with E-state index in [2.05, 4.69) is 13.0 Å². The van der Waals surface area contributed by atoms with Gasteiger partial charge in [-0.25, -0.2) is 0 Å². The van der Waals surface area contributed by atoms with Crippen molar-refractivity contribution in [2.75, 3.05) is 0 Å². The van der Waals surface area contributed by atoms with Crippen LogP contribution in [-0.2, 0) is 6.42 Å². The first-order valence-corrected chi connectivity index (χ1v) is 5.30. The molecule has 1 heterocycles. The maximum absolute atomic E-state index is 8.79. The van der Waals surface area contributed by atoms with Crippen LogP contribution in [-0.4, -0.2) is 4.09 Å². The van der Waals surface area contributed by atoms with Gasteiger partial charge in [-0.2, -0.15) is 5.26 Å². The SMILES string of the molecule is CCCc1cc2cc(C#N)ccc2n1Cl. The summed E-state index contributed by atoms with van der Waals surface area (Å²) in [7, 11) is 0. The second-order valence-corrected chi connectivity index (χ2v) is 3.89. The van der Waals surface area contributed by atoms with Gasteiger partial charge < -0.3 is 0 Å². The van der Waals surface area contributed by atoms with Crippen LogP contribution in [0.2, 0.25) is 0 Å². The summed E-state index contributed by atoms with van der Waals surface area (Å²) in [6.07, 6.45) is 2.02. The van der Waals surface area contributed by atoms with Crippen LogP contribution in [0.1, 0.15) is 24.6 Å². The lowest BCUT2D eigenvalue weighted by atomic mass is 10.1. The molecule has 0 aliphatic heterocycles. The summed E-state index contributed by atoms with van der Waals surface area (Å²) in [6.45, 7) is 2.12. The van der Waals surface area contributed by atoms with Gasteiger partial charge in [0.05, 0.1) is 17.1 Å². The standard InChI is InChI=1S/C12H11ClN2/c1-2-3-11-7-10-6-9(8-14)4-5-12(10)15(11)13/h4-7H,2-3H2,1H3. The molecule has 0 unspecified atom stereocenters. The molecule has 15 heavy (non-hydrogen) atoms. The quantitative estimate of drug-likeness (QED) is 0.759. The van der Waals surface area contributed by atoms with Gasteiger partial charge >= 0.3 is 0 Å². The van der Waals surface area contributed by atoms with Crippen LogP contribution in [0.5, 0.6) is 0 Å². The van der Waals surface area contributed by atoms with Gasteiger partial charge in [-0.15, -0.1) is 0 Å². The maximum Gasteiger partial charge on any atom is 0.0991 e. The highest BCUT2D eigenvalue weighted by Gasteiger charge is 2.06. The Kier molecular flexibility index (Phi) is 2.66. The van der Waals surface area contributed by atoms with E-state index < -0.39 is 0 Å². The summed E-state index contributed by atoms with van der Waals surface area (Å²) in [4.78, 5) is 0. The number of aryl methyl sites for hydroxylation is 1. The highest BCUT2D eigenvalue weighted by atomic mass is 35.5. The Bertz CT molecular complexity index is 534. The van der Waals surface area contributed by atoms with Crippen LogP contribution >= 0.6 is 11.8 Å². The van der Waals surface area contributed by atoms with Gasteiger partial charge in [0.1, 0.15) is 0 Å². The zero-order chi connectivity index (χ0) is 10.8. The van der Waals surface area contributed by atoms with Crippen molar-refractivity contribution in [3.05, 3.63) is 35.5 Å². The minimum Gasteiger partial charge on any atom is -0.257 e. The zero-order valence-electron chi connectivity index (χ0n) is 8.50.